The molecular weight excluding hydrogens is 472 g/mol. The molecule has 0 radical (unpaired) electrons. The molecule has 4 aromatic rings. The maximum atomic E-state index is 13.9. The second kappa shape index (κ2) is 9.08. The summed E-state index contributed by atoms with van der Waals surface area (Å²) >= 11 is 11.9. The van der Waals surface area contributed by atoms with Gasteiger partial charge in [-0.25, -0.2) is 9.37 Å². The largest absolute Gasteiger partial charge is 0.461 e. The van der Waals surface area contributed by atoms with Crippen molar-refractivity contribution < 1.29 is 8.81 Å². The van der Waals surface area contributed by atoms with Gasteiger partial charge in [-0.3, -0.25) is 4.90 Å². The lowest BCUT2D eigenvalue weighted by Crippen LogP contribution is -2.43. The van der Waals surface area contributed by atoms with Crippen molar-refractivity contribution in [3.8, 4) is 11.6 Å². The number of pyridine rings is 1. The van der Waals surface area contributed by atoms with Crippen molar-refractivity contribution in [2.45, 2.75) is 31.8 Å². The standard InChI is InChI=1S/C20H20Cl2FN9O/c21-15-11(8-13(23)16(22)26-15)10-31-6-2-1-4-12(31)9-25-19-28-18(24)32-20(29-19)27-17(30-32)14-5-3-7-33-14/h3,5,7-8,12H,1-2,4,6,9-10H2,(H3,24,25,27,28,29,30). The molecule has 1 unspecified atom stereocenters. The lowest BCUT2D eigenvalue weighted by molar-refractivity contribution is 0.147. The Hall–Kier alpha value is -3.02. The van der Waals surface area contributed by atoms with Crippen molar-refractivity contribution in [3.05, 3.63) is 46.1 Å². The Morgan fingerprint density at radius 2 is 2.06 bits per heavy atom. The highest BCUT2D eigenvalue weighted by atomic mass is 35.5. The summed E-state index contributed by atoms with van der Waals surface area (Å²) in [5, 5.41) is 7.52. The summed E-state index contributed by atoms with van der Waals surface area (Å²) in [7, 11) is 0. The zero-order valence-corrected chi connectivity index (χ0v) is 18.9. The van der Waals surface area contributed by atoms with Crippen LogP contribution in [-0.4, -0.2) is 53.6 Å². The molecule has 0 spiro atoms. The van der Waals surface area contributed by atoms with Crippen LogP contribution in [0.5, 0.6) is 0 Å². The van der Waals surface area contributed by atoms with Crippen LogP contribution in [0.2, 0.25) is 10.3 Å². The number of fused-ring (bicyclic) bond motifs is 1. The third kappa shape index (κ3) is 4.56. The highest BCUT2D eigenvalue weighted by Crippen LogP contribution is 2.26. The summed E-state index contributed by atoms with van der Waals surface area (Å²) in [6, 6.07) is 5.01. The lowest BCUT2D eigenvalue weighted by atomic mass is 10.0. The van der Waals surface area contributed by atoms with Crippen molar-refractivity contribution in [2.24, 2.45) is 0 Å². The number of nitrogen functional groups attached to an aromatic ring is 1. The number of aromatic nitrogens is 6. The molecule has 1 fully saturated rings. The van der Waals surface area contributed by atoms with Gasteiger partial charge in [-0.1, -0.05) is 29.6 Å². The number of anilines is 2. The molecule has 10 nitrogen and oxygen atoms in total. The third-order valence-corrected chi connectivity index (χ3v) is 6.14. The Labute approximate surface area is 197 Å². The van der Waals surface area contributed by atoms with Crippen LogP contribution >= 0.6 is 23.2 Å². The van der Waals surface area contributed by atoms with E-state index in [4.69, 9.17) is 33.4 Å². The van der Waals surface area contributed by atoms with Crippen LogP contribution < -0.4 is 11.1 Å². The number of piperidine rings is 1. The van der Waals surface area contributed by atoms with Gasteiger partial charge in [-0.2, -0.15) is 19.5 Å². The molecule has 4 aromatic heterocycles. The van der Waals surface area contributed by atoms with Gasteiger partial charge in [0, 0.05) is 24.7 Å². The average Bonchev–Trinajstić information content (AvgIpc) is 3.47. The average molecular weight is 492 g/mol. The van der Waals surface area contributed by atoms with E-state index in [-0.39, 0.29) is 22.3 Å². The molecule has 3 N–H and O–H groups in total. The van der Waals surface area contributed by atoms with Gasteiger partial charge in [0.15, 0.2) is 16.7 Å². The van der Waals surface area contributed by atoms with Gasteiger partial charge in [-0.05, 0) is 37.6 Å². The van der Waals surface area contributed by atoms with Gasteiger partial charge >= 0.3 is 0 Å². The Balaban J connectivity index is 1.31. The number of hydrogen-bond acceptors (Lipinski definition) is 9. The predicted molar refractivity (Wildman–Crippen MR) is 121 cm³/mol. The maximum absolute atomic E-state index is 13.9. The quantitative estimate of drug-likeness (QED) is 0.388. The molecule has 13 heteroatoms. The smallest absolute Gasteiger partial charge is 0.259 e. The van der Waals surface area contributed by atoms with Crippen LogP contribution in [0.15, 0.2) is 28.9 Å². The minimum atomic E-state index is -0.581. The molecule has 1 aliphatic rings. The molecule has 33 heavy (non-hydrogen) atoms. The number of likely N-dealkylation sites (tertiary alicyclic amines) is 1. The normalized spacial score (nSPS) is 17.0. The molecule has 0 aliphatic carbocycles. The van der Waals surface area contributed by atoms with E-state index in [9.17, 15) is 4.39 Å². The molecule has 0 saturated carbocycles. The highest BCUT2D eigenvalue weighted by Gasteiger charge is 2.24. The monoisotopic (exact) mass is 491 g/mol. The fourth-order valence-corrected chi connectivity index (χ4v) is 4.30. The first-order chi connectivity index (χ1) is 16.0. The van der Waals surface area contributed by atoms with E-state index >= 15 is 0 Å². The number of nitrogens with zero attached hydrogens (tertiary/aromatic N) is 7. The van der Waals surface area contributed by atoms with Gasteiger partial charge in [0.2, 0.25) is 17.7 Å². The van der Waals surface area contributed by atoms with Crippen molar-refractivity contribution in [2.75, 3.05) is 24.1 Å². The number of nitrogens with one attached hydrogen (secondary N) is 1. The van der Waals surface area contributed by atoms with Gasteiger partial charge in [-0.15, -0.1) is 5.10 Å². The minimum Gasteiger partial charge on any atom is -0.461 e. The van der Waals surface area contributed by atoms with E-state index in [1.165, 1.54) is 10.6 Å². The van der Waals surface area contributed by atoms with Crippen LogP contribution in [0.4, 0.5) is 16.3 Å². The molecule has 5 rings (SSSR count). The third-order valence-electron chi connectivity index (χ3n) is 5.55. The Bertz CT molecular complexity index is 1280. The summed E-state index contributed by atoms with van der Waals surface area (Å²) < 4.78 is 20.6. The summed E-state index contributed by atoms with van der Waals surface area (Å²) in [6.07, 6.45) is 4.63. The number of hydrogen-bond donors (Lipinski definition) is 2. The van der Waals surface area contributed by atoms with Gasteiger partial charge < -0.3 is 15.5 Å². The van der Waals surface area contributed by atoms with Crippen molar-refractivity contribution in [1.29, 1.82) is 0 Å². The zero-order chi connectivity index (χ0) is 22.9. The van der Waals surface area contributed by atoms with Crippen molar-refractivity contribution in [1.82, 2.24) is 34.4 Å². The molecule has 0 bridgehead atoms. The fourth-order valence-electron chi connectivity index (χ4n) is 3.92. The molecule has 5 heterocycles. The Morgan fingerprint density at radius 3 is 2.88 bits per heavy atom. The van der Waals surface area contributed by atoms with Crippen LogP contribution in [0, 0.1) is 5.82 Å². The van der Waals surface area contributed by atoms with Crippen molar-refractivity contribution >= 4 is 40.9 Å². The highest BCUT2D eigenvalue weighted by molar-refractivity contribution is 6.32. The summed E-state index contributed by atoms with van der Waals surface area (Å²) in [6.45, 7) is 1.88. The summed E-state index contributed by atoms with van der Waals surface area (Å²) in [4.78, 5) is 19.2. The zero-order valence-electron chi connectivity index (χ0n) is 17.4. The van der Waals surface area contributed by atoms with Crippen LogP contribution in [-0.2, 0) is 6.54 Å². The fraction of sp³-hybridized carbons (Fsp3) is 0.350. The minimum absolute atomic E-state index is 0.155. The lowest BCUT2D eigenvalue weighted by Gasteiger charge is -2.36. The predicted octanol–water partition coefficient (Wildman–Crippen LogP) is 3.67. The molecule has 172 valence electrons. The van der Waals surface area contributed by atoms with Crippen LogP contribution in [0.1, 0.15) is 24.8 Å². The van der Waals surface area contributed by atoms with Crippen molar-refractivity contribution in [3.63, 3.8) is 0 Å². The van der Waals surface area contributed by atoms with E-state index < -0.39 is 5.82 Å². The number of rotatable bonds is 6. The molecule has 0 amide bonds. The van der Waals surface area contributed by atoms with Crippen LogP contribution in [0.3, 0.4) is 0 Å². The van der Waals surface area contributed by atoms with Gasteiger partial charge in [0.05, 0.1) is 6.26 Å². The second-order valence-electron chi connectivity index (χ2n) is 7.74. The van der Waals surface area contributed by atoms with E-state index in [1.54, 1.807) is 18.4 Å². The number of furan rings is 1. The van der Waals surface area contributed by atoms with Gasteiger partial charge in [0.1, 0.15) is 5.15 Å². The molecule has 1 saturated heterocycles. The maximum Gasteiger partial charge on any atom is 0.259 e. The first-order valence-corrected chi connectivity index (χ1v) is 11.2. The van der Waals surface area contributed by atoms with E-state index in [0.717, 1.165) is 25.8 Å². The first kappa shape index (κ1) is 21.8. The molecule has 0 aromatic carbocycles. The second-order valence-corrected chi connectivity index (χ2v) is 8.46. The topological polar surface area (TPSA) is 123 Å². The Kier molecular flexibility index (Phi) is 6.00. The molecule has 1 atom stereocenters. The number of nitrogens with two attached hydrogens (primary N) is 1. The SMILES string of the molecule is Nc1nc(NCC2CCCCN2Cc2cc(F)c(Cl)nc2Cl)nc2nc(-c3ccco3)nn12. The van der Waals surface area contributed by atoms with E-state index in [2.05, 4.69) is 35.3 Å². The van der Waals surface area contributed by atoms with Gasteiger partial charge in [0.25, 0.3) is 5.78 Å². The van der Waals surface area contributed by atoms with E-state index in [1.807, 2.05) is 0 Å². The molecular formula is C20H20Cl2FN9O. The van der Waals surface area contributed by atoms with E-state index in [0.29, 0.717) is 42.0 Å². The summed E-state index contributed by atoms with van der Waals surface area (Å²) in [5.41, 5.74) is 6.66. The summed E-state index contributed by atoms with van der Waals surface area (Å²) in [5.74, 6) is 1.12. The van der Waals surface area contributed by atoms with Crippen LogP contribution in [0.25, 0.3) is 17.4 Å². The first-order valence-electron chi connectivity index (χ1n) is 10.4. The number of halogens is 3. The molecule has 1 aliphatic heterocycles. The Morgan fingerprint density at radius 1 is 1.18 bits per heavy atom.